The minimum Gasteiger partial charge on any atom is -0.487 e. The second-order valence-corrected chi connectivity index (χ2v) is 8.40. The summed E-state index contributed by atoms with van der Waals surface area (Å²) < 4.78 is 8.05. The van der Waals surface area contributed by atoms with Crippen LogP contribution in [0.15, 0.2) is 36.7 Å². The zero-order chi connectivity index (χ0) is 21.4. The molecule has 8 nitrogen and oxygen atoms in total. The fourth-order valence-electron chi connectivity index (χ4n) is 4.02. The van der Waals surface area contributed by atoms with Gasteiger partial charge < -0.3 is 15.0 Å². The molecular formula is C23H24N6O2. The first-order valence-corrected chi connectivity index (χ1v) is 10.6. The number of likely N-dealkylation sites (N-methyl/N-ethyl adjacent to an activating group) is 1. The summed E-state index contributed by atoms with van der Waals surface area (Å²) in [6, 6.07) is 9.65. The number of pyridine rings is 2. The van der Waals surface area contributed by atoms with Crippen LogP contribution < -0.4 is 10.1 Å². The van der Waals surface area contributed by atoms with Crippen molar-refractivity contribution >= 4 is 17.2 Å². The Labute approximate surface area is 180 Å². The molecule has 31 heavy (non-hydrogen) atoms. The average Bonchev–Trinajstić information content (AvgIpc) is 3.54. The van der Waals surface area contributed by atoms with E-state index >= 15 is 0 Å². The number of likely N-dealkylation sites (tertiary alicyclic amines) is 1. The SMILES string of the molecule is CN1CCC[C@@H](Oc2cnc(C#N)cc2-c2ccn3nc(NC(=O)C4CC4)cc3c2)C1. The molecule has 1 saturated heterocycles. The molecule has 1 amide bonds. The Hall–Kier alpha value is -3.44. The highest BCUT2D eigenvalue weighted by molar-refractivity contribution is 5.93. The number of carbonyl (C=O) groups excluding carboxylic acids is 1. The second-order valence-electron chi connectivity index (χ2n) is 8.40. The molecule has 0 spiro atoms. The Bertz CT molecular complexity index is 1180. The lowest BCUT2D eigenvalue weighted by atomic mass is 10.0. The summed E-state index contributed by atoms with van der Waals surface area (Å²) in [4.78, 5) is 18.5. The average molecular weight is 416 g/mol. The highest BCUT2D eigenvalue weighted by atomic mass is 16.5. The second kappa shape index (κ2) is 8.00. The topological polar surface area (TPSA) is 95.6 Å². The number of piperidine rings is 1. The van der Waals surface area contributed by atoms with Crippen molar-refractivity contribution in [3.8, 4) is 22.9 Å². The van der Waals surface area contributed by atoms with Crippen molar-refractivity contribution in [2.75, 3.05) is 25.5 Å². The fraction of sp³-hybridized carbons (Fsp3) is 0.391. The van der Waals surface area contributed by atoms with Gasteiger partial charge in [0.25, 0.3) is 0 Å². The molecule has 5 rings (SSSR count). The van der Waals surface area contributed by atoms with Crippen molar-refractivity contribution in [2.45, 2.75) is 31.8 Å². The zero-order valence-electron chi connectivity index (χ0n) is 17.4. The van der Waals surface area contributed by atoms with Crippen molar-refractivity contribution in [1.29, 1.82) is 5.26 Å². The van der Waals surface area contributed by atoms with E-state index in [1.54, 1.807) is 16.8 Å². The lowest BCUT2D eigenvalue weighted by molar-refractivity contribution is -0.117. The number of nitrogens with one attached hydrogen (secondary N) is 1. The number of nitriles is 1. The Balaban J connectivity index is 1.46. The molecule has 158 valence electrons. The predicted octanol–water partition coefficient (Wildman–Crippen LogP) is 3.09. The van der Waals surface area contributed by atoms with Gasteiger partial charge >= 0.3 is 0 Å². The maximum Gasteiger partial charge on any atom is 0.228 e. The van der Waals surface area contributed by atoms with Crippen LogP contribution in [0, 0.1) is 17.2 Å². The number of fused-ring (bicyclic) bond motifs is 1. The van der Waals surface area contributed by atoms with Gasteiger partial charge in [-0.1, -0.05) is 0 Å². The van der Waals surface area contributed by atoms with Crippen LogP contribution >= 0.6 is 0 Å². The summed E-state index contributed by atoms with van der Waals surface area (Å²) in [7, 11) is 2.10. The zero-order valence-corrected chi connectivity index (χ0v) is 17.4. The highest BCUT2D eigenvalue weighted by Gasteiger charge is 2.30. The van der Waals surface area contributed by atoms with E-state index in [9.17, 15) is 10.1 Å². The van der Waals surface area contributed by atoms with Gasteiger partial charge in [-0.25, -0.2) is 9.50 Å². The van der Waals surface area contributed by atoms with Crippen molar-refractivity contribution in [2.24, 2.45) is 5.92 Å². The molecule has 3 aromatic rings. The van der Waals surface area contributed by atoms with Gasteiger partial charge in [-0.05, 0) is 63.0 Å². The van der Waals surface area contributed by atoms with E-state index in [1.807, 2.05) is 24.4 Å². The third kappa shape index (κ3) is 4.23. The third-order valence-electron chi connectivity index (χ3n) is 5.83. The van der Waals surface area contributed by atoms with Gasteiger partial charge in [0.05, 0.1) is 11.7 Å². The Morgan fingerprint density at radius 1 is 1.29 bits per heavy atom. The van der Waals surface area contributed by atoms with E-state index in [-0.39, 0.29) is 17.9 Å². The number of anilines is 1. The molecular weight excluding hydrogens is 392 g/mol. The lowest BCUT2D eigenvalue weighted by Gasteiger charge is -2.30. The van der Waals surface area contributed by atoms with Crippen LogP contribution in [0.2, 0.25) is 0 Å². The largest absolute Gasteiger partial charge is 0.487 e. The van der Waals surface area contributed by atoms with Crippen LogP contribution in [0.1, 0.15) is 31.4 Å². The summed E-state index contributed by atoms with van der Waals surface area (Å²) >= 11 is 0. The maximum atomic E-state index is 12.0. The Morgan fingerprint density at radius 3 is 2.94 bits per heavy atom. The summed E-state index contributed by atoms with van der Waals surface area (Å²) in [5, 5.41) is 16.7. The number of hydrogen-bond acceptors (Lipinski definition) is 6. The van der Waals surface area contributed by atoms with Gasteiger partial charge in [0, 0.05) is 30.3 Å². The van der Waals surface area contributed by atoms with E-state index in [1.165, 1.54) is 0 Å². The van der Waals surface area contributed by atoms with Crippen LogP contribution in [0.3, 0.4) is 0 Å². The number of carbonyl (C=O) groups is 1. The van der Waals surface area contributed by atoms with Crippen molar-refractivity contribution < 1.29 is 9.53 Å². The van der Waals surface area contributed by atoms with Gasteiger partial charge in [0.15, 0.2) is 5.82 Å². The van der Waals surface area contributed by atoms with Crippen molar-refractivity contribution in [3.63, 3.8) is 0 Å². The van der Waals surface area contributed by atoms with Gasteiger partial charge in [0.1, 0.15) is 23.6 Å². The molecule has 2 fully saturated rings. The van der Waals surface area contributed by atoms with E-state index in [0.717, 1.165) is 55.4 Å². The van der Waals surface area contributed by atoms with Crippen LogP contribution in [0.4, 0.5) is 5.82 Å². The van der Waals surface area contributed by atoms with Gasteiger partial charge in [-0.15, -0.1) is 0 Å². The molecule has 1 saturated carbocycles. The number of rotatable bonds is 5. The molecule has 1 aliphatic heterocycles. The van der Waals surface area contributed by atoms with Crippen molar-refractivity contribution in [3.05, 3.63) is 42.4 Å². The Kier molecular flexibility index (Phi) is 5.04. The molecule has 0 bridgehead atoms. The molecule has 3 aromatic heterocycles. The quantitative estimate of drug-likeness (QED) is 0.687. The van der Waals surface area contributed by atoms with Crippen LogP contribution in [-0.4, -0.2) is 51.6 Å². The number of hydrogen-bond donors (Lipinski definition) is 1. The summed E-state index contributed by atoms with van der Waals surface area (Å²) in [6.45, 7) is 1.95. The molecule has 2 aliphatic rings. The molecule has 8 heteroatoms. The normalized spacial score (nSPS) is 19.2. The predicted molar refractivity (Wildman–Crippen MR) is 116 cm³/mol. The monoisotopic (exact) mass is 416 g/mol. The molecule has 0 unspecified atom stereocenters. The minimum atomic E-state index is 0.0320. The standard InChI is InChI=1S/C23H24N6O2/c1-28-7-2-3-19(14-28)31-21-13-25-17(12-24)10-20(21)16-6-8-29-18(9-16)11-22(27-29)26-23(30)15-4-5-15/h6,8-11,13,15,19H,2-5,7,14H2,1H3,(H,26,27,30)/t19-/m1/s1. The van der Waals surface area contributed by atoms with Crippen LogP contribution in [0.5, 0.6) is 5.75 Å². The van der Waals surface area contributed by atoms with Crippen LogP contribution in [0.25, 0.3) is 16.6 Å². The van der Waals surface area contributed by atoms with E-state index in [2.05, 4.69) is 33.4 Å². The highest BCUT2D eigenvalue weighted by Crippen LogP contribution is 2.33. The minimum absolute atomic E-state index is 0.0320. The van der Waals surface area contributed by atoms with Crippen molar-refractivity contribution in [1.82, 2.24) is 19.5 Å². The maximum absolute atomic E-state index is 12.0. The fourth-order valence-corrected chi connectivity index (χ4v) is 4.02. The number of ether oxygens (including phenoxy) is 1. The van der Waals surface area contributed by atoms with Crippen LogP contribution in [-0.2, 0) is 4.79 Å². The van der Waals surface area contributed by atoms with E-state index in [0.29, 0.717) is 17.3 Å². The van der Waals surface area contributed by atoms with Gasteiger partial charge in [0.2, 0.25) is 5.91 Å². The van der Waals surface area contributed by atoms with Gasteiger partial charge in [-0.3, -0.25) is 4.79 Å². The van der Waals surface area contributed by atoms with Gasteiger partial charge in [-0.2, -0.15) is 10.4 Å². The summed E-state index contributed by atoms with van der Waals surface area (Å²) in [6.07, 6.45) is 7.58. The number of nitrogens with zero attached hydrogens (tertiary/aromatic N) is 5. The molecule has 4 heterocycles. The first kappa shape index (κ1) is 19.5. The first-order chi connectivity index (χ1) is 15.1. The number of aromatic nitrogens is 3. The van der Waals surface area contributed by atoms with E-state index < -0.39 is 0 Å². The first-order valence-electron chi connectivity index (χ1n) is 10.6. The smallest absolute Gasteiger partial charge is 0.228 e. The number of amides is 1. The summed E-state index contributed by atoms with van der Waals surface area (Å²) in [5.74, 6) is 1.37. The Morgan fingerprint density at radius 2 is 2.16 bits per heavy atom. The molecule has 1 N–H and O–H groups in total. The third-order valence-corrected chi connectivity index (χ3v) is 5.83. The van der Waals surface area contributed by atoms with E-state index in [4.69, 9.17) is 4.74 Å². The lowest BCUT2D eigenvalue weighted by Crippen LogP contribution is -2.38. The molecule has 0 radical (unpaired) electrons. The molecule has 1 atom stereocenters. The molecule has 0 aromatic carbocycles. The molecule has 1 aliphatic carbocycles. The summed E-state index contributed by atoms with van der Waals surface area (Å²) in [5.41, 5.74) is 2.92.